The minimum atomic E-state index is -1.05. The van der Waals surface area contributed by atoms with Crippen LogP contribution in [0.5, 0.6) is 0 Å². The third-order valence-electron chi connectivity index (χ3n) is 2.48. The van der Waals surface area contributed by atoms with Crippen molar-refractivity contribution in [2.24, 2.45) is 0 Å². The van der Waals surface area contributed by atoms with Crippen LogP contribution in [0.3, 0.4) is 0 Å². The largest absolute Gasteiger partial charge is 0.347 e. The first-order valence-electron chi connectivity index (χ1n) is 4.70. The molecule has 1 aromatic rings. The molecule has 1 unspecified atom stereocenters. The molecule has 0 spiro atoms. The fourth-order valence-corrected chi connectivity index (χ4v) is 1.82. The number of halogens is 1. The van der Waals surface area contributed by atoms with E-state index in [0.29, 0.717) is 5.56 Å². The van der Waals surface area contributed by atoms with Crippen LogP contribution in [0.2, 0.25) is 0 Å². The van der Waals surface area contributed by atoms with Crippen LogP contribution >= 0.6 is 0 Å². The first-order chi connectivity index (χ1) is 7.22. The maximum absolute atomic E-state index is 12.0. The molecule has 0 saturated heterocycles. The minimum Gasteiger partial charge on any atom is -0.347 e. The summed E-state index contributed by atoms with van der Waals surface area (Å²) in [5.74, 6) is -0.681. The monoisotopic (exact) mass is 207 g/mol. The highest BCUT2D eigenvalue weighted by Crippen LogP contribution is 2.30. The predicted molar refractivity (Wildman–Crippen MR) is 52.2 cm³/mol. The third-order valence-corrected chi connectivity index (χ3v) is 2.48. The molecule has 0 fully saturated rings. The number of rotatable bonds is 2. The number of alkyl halides is 1. The minimum absolute atomic E-state index is 0.00485. The van der Waals surface area contributed by atoms with E-state index in [4.69, 9.17) is 0 Å². The Morgan fingerprint density at radius 2 is 2.20 bits per heavy atom. The van der Waals surface area contributed by atoms with Crippen molar-refractivity contribution in [3.8, 4) is 0 Å². The molecular formula is C11H10FNO2. The summed E-state index contributed by atoms with van der Waals surface area (Å²) in [7, 11) is 0. The maximum atomic E-state index is 12.0. The normalized spacial score (nSPS) is 18.7. The van der Waals surface area contributed by atoms with Gasteiger partial charge in [-0.05, 0) is 5.56 Å². The van der Waals surface area contributed by atoms with E-state index in [1.165, 1.54) is 0 Å². The number of fused-ring (bicyclic) bond motifs is 1. The van der Waals surface area contributed by atoms with Crippen LogP contribution in [0.4, 0.5) is 4.39 Å². The van der Waals surface area contributed by atoms with Crippen LogP contribution in [-0.2, 0) is 4.79 Å². The predicted octanol–water partition coefficient (Wildman–Crippen LogP) is 1.40. The second kappa shape index (κ2) is 3.81. The summed E-state index contributed by atoms with van der Waals surface area (Å²) in [5, 5.41) is 2.48. The van der Waals surface area contributed by atoms with Crippen molar-refractivity contribution in [2.75, 3.05) is 6.67 Å². The van der Waals surface area contributed by atoms with Crippen molar-refractivity contribution in [1.29, 1.82) is 0 Å². The molecule has 0 bridgehead atoms. The van der Waals surface area contributed by atoms with E-state index in [9.17, 15) is 14.0 Å². The number of hydrogen-bond donors (Lipinski definition) is 1. The van der Waals surface area contributed by atoms with Gasteiger partial charge in [0, 0.05) is 12.0 Å². The first kappa shape index (κ1) is 9.83. The van der Waals surface area contributed by atoms with E-state index < -0.39 is 12.6 Å². The van der Waals surface area contributed by atoms with E-state index in [1.54, 1.807) is 24.3 Å². The SMILES string of the molecule is O=C(CF)NC1CC(=O)c2ccccc21. The van der Waals surface area contributed by atoms with Gasteiger partial charge in [0.15, 0.2) is 12.5 Å². The number of ketones is 1. The zero-order valence-electron chi connectivity index (χ0n) is 8.00. The number of nitrogens with one attached hydrogen (secondary N) is 1. The Bertz CT molecular complexity index is 417. The third kappa shape index (κ3) is 1.75. The number of carbonyl (C=O) groups excluding carboxylic acids is 2. The van der Waals surface area contributed by atoms with E-state index in [0.717, 1.165) is 5.56 Å². The lowest BCUT2D eigenvalue weighted by Gasteiger charge is -2.11. The molecule has 4 heteroatoms. The van der Waals surface area contributed by atoms with Crippen LogP contribution in [0.15, 0.2) is 24.3 Å². The summed E-state index contributed by atoms with van der Waals surface area (Å²) in [6.07, 6.45) is 0.227. The van der Waals surface area contributed by atoms with Gasteiger partial charge in [0.25, 0.3) is 5.91 Å². The maximum Gasteiger partial charge on any atom is 0.251 e. The average Bonchev–Trinajstić information content (AvgIpc) is 2.57. The molecule has 3 nitrogen and oxygen atoms in total. The van der Waals surface area contributed by atoms with Crippen LogP contribution in [0, 0.1) is 0 Å². The highest BCUT2D eigenvalue weighted by atomic mass is 19.1. The summed E-state index contributed by atoms with van der Waals surface area (Å²) in [4.78, 5) is 22.4. The lowest BCUT2D eigenvalue weighted by molar-refractivity contribution is -0.122. The summed E-state index contributed by atoms with van der Waals surface area (Å²) >= 11 is 0. The van der Waals surface area contributed by atoms with Gasteiger partial charge < -0.3 is 5.32 Å². The van der Waals surface area contributed by atoms with Gasteiger partial charge in [-0.2, -0.15) is 0 Å². The molecule has 1 N–H and O–H groups in total. The summed E-state index contributed by atoms with van der Waals surface area (Å²) < 4.78 is 12.0. The zero-order valence-corrected chi connectivity index (χ0v) is 8.00. The van der Waals surface area contributed by atoms with Crippen LogP contribution in [-0.4, -0.2) is 18.4 Å². The number of Topliss-reactive ketones (excluding diaryl/α,β-unsaturated/α-hetero) is 1. The molecule has 15 heavy (non-hydrogen) atoms. The Hall–Kier alpha value is -1.71. The van der Waals surface area contributed by atoms with Gasteiger partial charge >= 0.3 is 0 Å². The molecule has 1 amide bonds. The van der Waals surface area contributed by atoms with Crippen LogP contribution in [0.25, 0.3) is 0 Å². The van der Waals surface area contributed by atoms with Crippen molar-refractivity contribution < 1.29 is 14.0 Å². The van der Waals surface area contributed by atoms with Gasteiger partial charge in [-0.3, -0.25) is 9.59 Å². The van der Waals surface area contributed by atoms with Crippen LogP contribution < -0.4 is 5.32 Å². The smallest absolute Gasteiger partial charge is 0.251 e. The molecule has 1 aliphatic carbocycles. The Balaban J connectivity index is 2.25. The fourth-order valence-electron chi connectivity index (χ4n) is 1.82. The van der Waals surface area contributed by atoms with Crippen molar-refractivity contribution in [1.82, 2.24) is 5.32 Å². The van der Waals surface area contributed by atoms with Gasteiger partial charge in [0.05, 0.1) is 6.04 Å². The van der Waals surface area contributed by atoms with E-state index in [1.807, 2.05) is 0 Å². The summed E-state index contributed by atoms with van der Waals surface area (Å²) in [5.41, 5.74) is 1.41. The molecule has 0 heterocycles. The second-order valence-corrected chi connectivity index (χ2v) is 3.47. The number of hydrogen-bond acceptors (Lipinski definition) is 2. The van der Waals surface area contributed by atoms with Gasteiger partial charge in [0.2, 0.25) is 0 Å². The zero-order chi connectivity index (χ0) is 10.8. The summed E-state index contributed by atoms with van der Waals surface area (Å²) in [6.45, 7) is -1.05. The lowest BCUT2D eigenvalue weighted by Crippen LogP contribution is -2.28. The molecule has 0 aromatic heterocycles. The number of carbonyl (C=O) groups is 2. The number of benzene rings is 1. The molecule has 0 aliphatic heterocycles. The van der Waals surface area contributed by atoms with E-state index in [-0.39, 0.29) is 18.2 Å². The molecular weight excluding hydrogens is 197 g/mol. The second-order valence-electron chi connectivity index (χ2n) is 3.47. The fraction of sp³-hybridized carbons (Fsp3) is 0.273. The highest BCUT2D eigenvalue weighted by Gasteiger charge is 2.29. The molecule has 0 saturated carbocycles. The molecule has 2 rings (SSSR count). The number of amides is 1. The molecule has 78 valence electrons. The van der Waals surface area contributed by atoms with Crippen LogP contribution in [0.1, 0.15) is 28.4 Å². The van der Waals surface area contributed by atoms with Gasteiger partial charge in [0.1, 0.15) is 0 Å². The Morgan fingerprint density at radius 1 is 1.47 bits per heavy atom. The lowest BCUT2D eigenvalue weighted by atomic mass is 10.1. The van der Waals surface area contributed by atoms with E-state index in [2.05, 4.69) is 5.32 Å². The van der Waals surface area contributed by atoms with Crippen molar-refractivity contribution in [2.45, 2.75) is 12.5 Å². The Morgan fingerprint density at radius 3 is 2.93 bits per heavy atom. The molecule has 1 aromatic carbocycles. The van der Waals surface area contributed by atoms with E-state index >= 15 is 0 Å². The van der Waals surface area contributed by atoms with Gasteiger partial charge in [-0.15, -0.1) is 0 Å². The van der Waals surface area contributed by atoms with Crippen molar-refractivity contribution >= 4 is 11.7 Å². The average molecular weight is 207 g/mol. The Labute approximate surface area is 86.3 Å². The molecule has 1 aliphatic rings. The van der Waals surface area contributed by atoms with Gasteiger partial charge in [-0.25, -0.2) is 4.39 Å². The quantitative estimate of drug-likeness (QED) is 0.796. The van der Waals surface area contributed by atoms with Crippen molar-refractivity contribution in [3.63, 3.8) is 0 Å². The standard InChI is InChI=1S/C11H10FNO2/c12-6-11(15)13-9-5-10(14)8-4-2-1-3-7(8)9/h1-4,9H,5-6H2,(H,13,15). The van der Waals surface area contributed by atoms with Gasteiger partial charge in [-0.1, -0.05) is 24.3 Å². The molecule has 1 atom stereocenters. The highest BCUT2D eigenvalue weighted by molar-refractivity contribution is 6.01. The van der Waals surface area contributed by atoms with Crippen molar-refractivity contribution in [3.05, 3.63) is 35.4 Å². The summed E-state index contributed by atoms with van der Waals surface area (Å²) in [6, 6.07) is 6.71. The molecule has 0 radical (unpaired) electrons. The first-order valence-corrected chi connectivity index (χ1v) is 4.70. The topological polar surface area (TPSA) is 46.2 Å². The Kier molecular flexibility index (Phi) is 2.49.